The zero-order valence-electron chi connectivity index (χ0n) is 12.8. The van der Waals surface area contributed by atoms with Crippen molar-refractivity contribution in [2.45, 2.75) is 25.3 Å². The van der Waals surface area contributed by atoms with Crippen molar-refractivity contribution in [3.63, 3.8) is 0 Å². The fourth-order valence-electron chi connectivity index (χ4n) is 2.68. The van der Waals surface area contributed by atoms with E-state index in [1.54, 1.807) is 4.90 Å². The molecular formula is C19H19NO3. The van der Waals surface area contributed by atoms with Crippen molar-refractivity contribution in [2.75, 3.05) is 0 Å². The largest absolute Gasteiger partial charge is 0.470 e. The van der Waals surface area contributed by atoms with Crippen molar-refractivity contribution in [2.24, 2.45) is 0 Å². The molecule has 0 bridgehead atoms. The maximum atomic E-state index is 12.3. The van der Waals surface area contributed by atoms with Gasteiger partial charge in [0.2, 0.25) is 0 Å². The molecule has 4 nitrogen and oxygen atoms in total. The summed E-state index contributed by atoms with van der Waals surface area (Å²) in [4.78, 5) is 13.9. The second-order valence-corrected chi connectivity index (χ2v) is 5.30. The molecule has 2 atom stereocenters. The van der Waals surface area contributed by atoms with Crippen molar-refractivity contribution < 1.29 is 14.3 Å². The average molecular weight is 309 g/mol. The molecule has 1 aliphatic heterocycles. The van der Waals surface area contributed by atoms with Gasteiger partial charge in [0.05, 0.1) is 0 Å². The molecule has 23 heavy (non-hydrogen) atoms. The van der Waals surface area contributed by atoms with Gasteiger partial charge in [0.1, 0.15) is 11.5 Å². The smallest absolute Gasteiger partial charge is 0.251 e. The molecule has 3 rings (SSSR count). The molecule has 0 radical (unpaired) electrons. The summed E-state index contributed by atoms with van der Waals surface area (Å²) in [6.45, 7) is 3.59. The number of rotatable bonds is 5. The minimum atomic E-state index is -0.350. The van der Waals surface area contributed by atoms with Crippen LogP contribution in [0.5, 0.6) is 11.5 Å². The van der Waals surface area contributed by atoms with E-state index in [-0.39, 0.29) is 18.4 Å². The molecule has 1 fully saturated rings. The Morgan fingerprint density at radius 1 is 0.913 bits per heavy atom. The van der Waals surface area contributed by atoms with Crippen LogP contribution in [0.1, 0.15) is 12.8 Å². The number of benzene rings is 2. The first kappa shape index (κ1) is 15.2. The van der Waals surface area contributed by atoms with Crippen LogP contribution in [-0.2, 0) is 4.79 Å². The lowest BCUT2D eigenvalue weighted by Gasteiger charge is -2.29. The Morgan fingerprint density at radius 2 is 1.35 bits per heavy atom. The molecule has 2 unspecified atom stereocenters. The number of amides is 1. The van der Waals surface area contributed by atoms with Crippen LogP contribution >= 0.6 is 0 Å². The van der Waals surface area contributed by atoms with E-state index in [1.807, 2.05) is 60.7 Å². The standard InChI is InChI=1S/C19H19NO3/c1-2-17(21)20-18(22-15-9-5-3-6-10-15)13-14-19(20)23-16-11-7-4-8-12-16/h2-12,18-19H,1,13-14H2. The van der Waals surface area contributed by atoms with E-state index in [0.29, 0.717) is 12.8 Å². The molecule has 1 saturated heterocycles. The quantitative estimate of drug-likeness (QED) is 0.792. The van der Waals surface area contributed by atoms with Gasteiger partial charge in [-0.25, -0.2) is 0 Å². The Bertz CT molecular complexity index is 607. The highest BCUT2D eigenvalue weighted by Gasteiger charge is 2.38. The third-order valence-electron chi connectivity index (χ3n) is 3.74. The van der Waals surface area contributed by atoms with Crippen LogP contribution in [0.4, 0.5) is 0 Å². The summed E-state index contributed by atoms with van der Waals surface area (Å²) in [6.07, 6.45) is 2.03. The van der Waals surface area contributed by atoms with Crippen molar-refractivity contribution >= 4 is 5.91 Å². The molecular weight excluding hydrogens is 290 g/mol. The van der Waals surface area contributed by atoms with Gasteiger partial charge in [-0.15, -0.1) is 0 Å². The van der Waals surface area contributed by atoms with Crippen LogP contribution in [0.15, 0.2) is 73.3 Å². The SMILES string of the molecule is C=CC(=O)N1C(Oc2ccccc2)CCC1Oc1ccccc1. The zero-order chi connectivity index (χ0) is 16.1. The molecule has 1 aliphatic rings. The number of likely N-dealkylation sites (tertiary alicyclic amines) is 1. The lowest BCUT2D eigenvalue weighted by atomic mass is 10.3. The molecule has 0 N–H and O–H groups in total. The summed E-state index contributed by atoms with van der Waals surface area (Å²) < 4.78 is 11.9. The molecule has 1 amide bonds. The fraction of sp³-hybridized carbons (Fsp3) is 0.211. The van der Waals surface area contributed by atoms with Crippen LogP contribution in [0.2, 0.25) is 0 Å². The number of hydrogen-bond acceptors (Lipinski definition) is 3. The summed E-state index contributed by atoms with van der Waals surface area (Å²) in [7, 11) is 0. The molecule has 1 heterocycles. The Labute approximate surface area is 135 Å². The number of carbonyl (C=O) groups is 1. The predicted molar refractivity (Wildman–Crippen MR) is 88.0 cm³/mol. The molecule has 0 spiro atoms. The Balaban J connectivity index is 1.76. The van der Waals surface area contributed by atoms with Crippen LogP contribution in [-0.4, -0.2) is 23.3 Å². The van der Waals surface area contributed by atoms with Crippen LogP contribution < -0.4 is 9.47 Å². The zero-order valence-corrected chi connectivity index (χ0v) is 12.8. The van der Waals surface area contributed by atoms with Gasteiger partial charge in [0.25, 0.3) is 5.91 Å². The number of hydrogen-bond donors (Lipinski definition) is 0. The second-order valence-electron chi connectivity index (χ2n) is 5.30. The van der Waals surface area contributed by atoms with Crippen LogP contribution in [0, 0.1) is 0 Å². The molecule has 0 aromatic heterocycles. The van der Waals surface area contributed by atoms with Crippen molar-refractivity contribution in [3.8, 4) is 11.5 Å². The average Bonchev–Trinajstić information content (AvgIpc) is 2.98. The van der Waals surface area contributed by atoms with E-state index in [9.17, 15) is 4.79 Å². The predicted octanol–water partition coefficient (Wildman–Crippen LogP) is 3.61. The summed E-state index contributed by atoms with van der Waals surface area (Å²) in [5.41, 5.74) is 0. The van der Waals surface area contributed by atoms with E-state index in [4.69, 9.17) is 9.47 Å². The summed E-state index contributed by atoms with van der Waals surface area (Å²) in [6, 6.07) is 19.0. The minimum absolute atomic E-state index is 0.190. The van der Waals surface area contributed by atoms with Gasteiger partial charge in [0.15, 0.2) is 12.5 Å². The van der Waals surface area contributed by atoms with E-state index in [2.05, 4.69) is 6.58 Å². The molecule has 118 valence electrons. The van der Waals surface area contributed by atoms with E-state index in [1.165, 1.54) is 6.08 Å². The van der Waals surface area contributed by atoms with Gasteiger partial charge in [-0.3, -0.25) is 9.69 Å². The number of carbonyl (C=O) groups excluding carboxylic acids is 1. The molecule has 2 aromatic rings. The normalized spacial score (nSPS) is 20.1. The first-order chi connectivity index (χ1) is 11.3. The summed E-state index contributed by atoms with van der Waals surface area (Å²) in [5, 5.41) is 0. The highest BCUT2D eigenvalue weighted by molar-refractivity contribution is 5.87. The third-order valence-corrected chi connectivity index (χ3v) is 3.74. The van der Waals surface area contributed by atoms with E-state index < -0.39 is 0 Å². The van der Waals surface area contributed by atoms with Crippen molar-refractivity contribution in [1.82, 2.24) is 4.90 Å². The maximum absolute atomic E-state index is 12.3. The van der Waals surface area contributed by atoms with Crippen LogP contribution in [0.3, 0.4) is 0 Å². The van der Waals surface area contributed by atoms with E-state index >= 15 is 0 Å². The lowest BCUT2D eigenvalue weighted by Crippen LogP contribution is -2.45. The minimum Gasteiger partial charge on any atom is -0.470 e. The number of nitrogens with zero attached hydrogens (tertiary/aromatic N) is 1. The van der Waals surface area contributed by atoms with Gasteiger partial charge in [-0.1, -0.05) is 43.0 Å². The van der Waals surface area contributed by atoms with Gasteiger partial charge in [0, 0.05) is 12.8 Å². The Morgan fingerprint density at radius 3 is 1.74 bits per heavy atom. The van der Waals surface area contributed by atoms with Gasteiger partial charge >= 0.3 is 0 Å². The molecule has 0 saturated carbocycles. The van der Waals surface area contributed by atoms with Crippen LogP contribution in [0.25, 0.3) is 0 Å². The lowest BCUT2D eigenvalue weighted by molar-refractivity contribution is -0.140. The number of ether oxygens (including phenoxy) is 2. The van der Waals surface area contributed by atoms with Crippen molar-refractivity contribution in [1.29, 1.82) is 0 Å². The number of para-hydroxylation sites is 2. The van der Waals surface area contributed by atoms with Gasteiger partial charge in [-0.05, 0) is 30.3 Å². The van der Waals surface area contributed by atoms with Gasteiger partial charge in [-0.2, -0.15) is 0 Å². The maximum Gasteiger partial charge on any atom is 0.251 e. The monoisotopic (exact) mass is 309 g/mol. The summed E-state index contributed by atoms with van der Waals surface area (Å²) >= 11 is 0. The highest BCUT2D eigenvalue weighted by atomic mass is 16.5. The topological polar surface area (TPSA) is 38.8 Å². The molecule has 2 aromatic carbocycles. The second kappa shape index (κ2) is 7.01. The van der Waals surface area contributed by atoms with E-state index in [0.717, 1.165) is 11.5 Å². The summed E-state index contributed by atoms with van der Waals surface area (Å²) in [5.74, 6) is 1.28. The first-order valence-corrected chi connectivity index (χ1v) is 7.66. The Hall–Kier alpha value is -2.75. The Kier molecular flexibility index (Phi) is 4.62. The molecule has 0 aliphatic carbocycles. The molecule has 4 heteroatoms. The first-order valence-electron chi connectivity index (χ1n) is 7.66. The highest BCUT2D eigenvalue weighted by Crippen LogP contribution is 2.29. The van der Waals surface area contributed by atoms with Gasteiger partial charge < -0.3 is 9.47 Å². The fourth-order valence-corrected chi connectivity index (χ4v) is 2.68. The third kappa shape index (κ3) is 3.54. The van der Waals surface area contributed by atoms with Crippen molar-refractivity contribution in [3.05, 3.63) is 73.3 Å².